The number of rotatable bonds is 4. The molecular formula is C12H13BrN2O2. The van der Waals surface area contributed by atoms with Crippen LogP contribution in [0.4, 0.5) is 0 Å². The van der Waals surface area contributed by atoms with E-state index in [9.17, 15) is 4.79 Å². The molecule has 0 saturated heterocycles. The Kier molecular flexibility index (Phi) is 5.07. The smallest absolute Gasteiger partial charge is 0.417 e. The highest BCUT2D eigenvalue weighted by molar-refractivity contribution is 9.10. The minimum Gasteiger partial charge on any atom is -0.457 e. The first-order valence-electron chi connectivity index (χ1n) is 5.24. The van der Waals surface area contributed by atoms with Crippen molar-refractivity contribution in [2.75, 3.05) is 6.61 Å². The molecule has 1 aromatic rings. The van der Waals surface area contributed by atoms with Crippen LogP contribution in [-0.4, -0.2) is 23.1 Å². The first-order valence-corrected chi connectivity index (χ1v) is 6.04. The topological polar surface area (TPSA) is 62.7 Å². The number of hydrogen-bond donors (Lipinski definition) is 0. The van der Waals surface area contributed by atoms with Gasteiger partial charge in [0.25, 0.3) is 0 Å². The monoisotopic (exact) mass is 296 g/mol. The maximum absolute atomic E-state index is 11.5. The lowest BCUT2D eigenvalue weighted by molar-refractivity contribution is -0.140. The van der Waals surface area contributed by atoms with Gasteiger partial charge in [-0.15, -0.1) is 0 Å². The molecule has 0 N–H and O–H groups in total. The molecule has 1 aromatic carbocycles. The molecule has 0 bridgehead atoms. The lowest BCUT2D eigenvalue weighted by Crippen LogP contribution is -2.24. The molecule has 90 valence electrons. The summed E-state index contributed by atoms with van der Waals surface area (Å²) in [7, 11) is 0. The van der Waals surface area contributed by atoms with Crippen LogP contribution in [0, 0.1) is 0 Å². The van der Waals surface area contributed by atoms with Crippen LogP contribution < -0.4 is 0 Å². The molecule has 0 aliphatic rings. The second-order valence-electron chi connectivity index (χ2n) is 3.48. The highest BCUT2D eigenvalue weighted by Crippen LogP contribution is 2.19. The fraction of sp³-hybridized carbons (Fsp3) is 0.333. The number of hydrogen-bond acceptors (Lipinski definition) is 2. The van der Waals surface area contributed by atoms with Gasteiger partial charge in [-0.2, -0.15) is 4.79 Å². The summed E-state index contributed by atoms with van der Waals surface area (Å²) >= 11 is 3.33. The summed E-state index contributed by atoms with van der Waals surface area (Å²) in [6.07, 6.45) is 0. The van der Waals surface area contributed by atoms with Crippen molar-refractivity contribution >= 4 is 27.6 Å². The van der Waals surface area contributed by atoms with Crippen molar-refractivity contribution < 1.29 is 14.3 Å². The molecule has 0 amide bonds. The lowest BCUT2D eigenvalue weighted by Gasteiger charge is -2.06. The molecule has 0 spiro atoms. The van der Waals surface area contributed by atoms with E-state index in [2.05, 4.69) is 20.7 Å². The fourth-order valence-corrected chi connectivity index (χ4v) is 1.68. The van der Waals surface area contributed by atoms with Crippen LogP contribution in [0.5, 0.6) is 0 Å². The molecule has 0 radical (unpaired) electrons. The number of esters is 1. The van der Waals surface area contributed by atoms with Gasteiger partial charge in [-0.3, -0.25) is 0 Å². The van der Waals surface area contributed by atoms with Gasteiger partial charge >= 0.3 is 11.7 Å². The van der Waals surface area contributed by atoms with E-state index in [4.69, 9.17) is 10.3 Å². The first kappa shape index (κ1) is 13.6. The van der Waals surface area contributed by atoms with Gasteiger partial charge in [0.05, 0.1) is 12.5 Å². The Morgan fingerprint density at radius 1 is 1.47 bits per heavy atom. The van der Waals surface area contributed by atoms with Crippen molar-refractivity contribution in [1.29, 1.82) is 0 Å². The van der Waals surface area contributed by atoms with Gasteiger partial charge in [-0.1, -0.05) is 28.1 Å². The van der Waals surface area contributed by atoms with Crippen molar-refractivity contribution in [2.24, 2.45) is 0 Å². The Morgan fingerprint density at radius 3 is 2.53 bits per heavy atom. The van der Waals surface area contributed by atoms with Gasteiger partial charge in [-0.05, 0) is 31.5 Å². The summed E-state index contributed by atoms with van der Waals surface area (Å²) in [6.45, 7) is 3.75. The lowest BCUT2D eigenvalue weighted by atomic mass is 9.96. The number of nitrogens with zero attached hydrogens (tertiary/aromatic N) is 2. The average molecular weight is 297 g/mol. The van der Waals surface area contributed by atoms with E-state index in [-0.39, 0.29) is 18.2 Å². The third-order valence-corrected chi connectivity index (χ3v) is 2.90. The van der Waals surface area contributed by atoms with Gasteiger partial charge in [-0.25, -0.2) is 4.79 Å². The van der Waals surface area contributed by atoms with Crippen molar-refractivity contribution in [3.05, 3.63) is 39.8 Å². The second-order valence-corrected chi connectivity index (χ2v) is 4.39. The van der Waals surface area contributed by atoms with Crippen molar-refractivity contribution in [3.63, 3.8) is 0 Å². The van der Waals surface area contributed by atoms with E-state index in [0.29, 0.717) is 0 Å². The van der Waals surface area contributed by atoms with Crippen molar-refractivity contribution in [3.8, 4) is 0 Å². The molecule has 4 nitrogen and oxygen atoms in total. The maximum Gasteiger partial charge on any atom is 0.417 e. The normalized spacial score (nSPS) is 11.5. The maximum atomic E-state index is 11.5. The molecule has 0 aliphatic heterocycles. The SMILES string of the molecule is CCOC(=O)C(=[N+]=[N-])C(C)c1ccc(Br)cc1. The minimum absolute atomic E-state index is 0.00849. The third-order valence-electron chi connectivity index (χ3n) is 2.37. The number of benzene rings is 1. The summed E-state index contributed by atoms with van der Waals surface area (Å²) in [5, 5.41) is 0. The van der Waals surface area contributed by atoms with Crippen LogP contribution in [0.2, 0.25) is 0 Å². The molecule has 1 unspecified atom stereocenters. The van der Waals surface area contributed by atoms with Crippen LogP contribution >= 0.6 is 15.9 Å². The third kappa shape index (κ3) is 3.51. The molecular weight excluding hydrogens is 284 g/mol. The molecule has 1 rings (SSSR count). The van der Waals surface area contributed by atoms with Gasteiger partial charge in [0.15, 0.2) is 0 Å². The molecule has 17 heavy (non-hydrogen) atoms. The zero-order valence-corrected chi connectivity index (χ0v) is 11.3. The van der Waals surface area contributed by atoms with Crippen molar-refractivity contribution in [2.45, 2.75) is 19.8 Å². The van der Waals surface area contributed by atoms with Crippen LogP contribution in [-0.2, 0) is 9.53 Å². The van der Waals surface area contributed by atoms with E-state index >= 15 is 0 Å². The second kappa shape index (κ2) is 6.33. The Morgan fingerprint density at radius 2 is 2.06 bits per heavy atom. The molecule has 0 heterocycles. The van der Waals surface area contributed by atoms with Gasteiger partial charge in [0, 0.05) is 4.47 Å². The van der Waals surface area contributed by atoms with E-state index in [1.54, 1.807) is 13.8 Å². The molecule has 0 aromatic heterocycles. The Bertz CT molecular complexity index is 450. The Hall–Kier alpha value is -1.45. The van der Waals surface area contributed by atoms with E-state index in [0.717, 1.165) is 10.0 Å². The van der Waals surface area contributed by atoms with Crippen LogP contribution in [0.1, 0.15) is 25.3 Å². The number of halogens is 1. The predicted octanol–water partition coefficient (Wildman–Crippen LogP) is 2.79. The number of carbonyl (C=O) groups is 1. The number of ether oxygens (including phenoxy) is 1. The van der Waals surface area contributed by atoms with Crippen LogP contribution in [0.15, 0.2) is 28.7 Å². The standard InChI is InChI=1S/C12H13BrN2O2/c1-3-17-12(16)11(15-14)8(2)9-4-6-10(13)7-5-9/h4-8H,3H2,1-2H3. The van der Waals surface area contributed by atoms with E-state index < -0.39 is 5.97 Å². The highest BCUT2D eigenvalue weighted by Gasteiger charge is 2.30. The summed E-state index contributed by atoms with van der Waals surface area (Å²) in [5.41, 5.74) is 9.78. The highest BCUT2D eigenvalue weighted by atomic mass is 79.9. The van der Waals surface area contributed by atoms with Gasteiger partial charge < -0.3 is 10.3 Å². The molecule has 1 atom stereocenters. The Labute approximate surface area is 108 Å². The minimum atomic E-state index is -0.592. The first-order chi connectivity index (χ1) is 8.10. The predicted molar refractivity (Wildman–Crippen MR) is 67.8 cm³/mol. The summed E-state index contributed by atoms with van der Waals surface area (Å²) in [5.74, 6) is -0.905. The van der Waals surface area contributed by atoms with Crippen LogP contribution in [0.3, 0.4) is 0 Å². The summed E-state index contributed by atoms with van der Waals surface area (Å²) < 4.78 is 5.77. The zero-order valence-electron chi connectivity index (χ0n) is 9.68. The largest absolute Gasteiger partial charge is 0.457 e. The van der Waals surface area contributed by atoms with Gasteiger partial charge in [0.2, 0.25) is 0 Å². The van der Waals surface area contributed by atoms with Crippen molar-refractivity contribution in [1.82, 2.24) is 0 Å². The zero-order chi connectivity index (χ0) is 12.8. The van der Waals surface area contributed by atoms with Gasteiger partial charge in [0.1, 0.15) is 0 Å². The van der Waals surface area contributed by atoms with E-state index in [1.165, 1.54) is 0 Å². The number of carbonyl (C=O) groups excluding carboxylic acids is 1. The average Bonchev–Trinajstić information content (AvgIpc) is 2.31. The Balaban J connectivity index is 2.94. The molecule has 5 heteroatoms. The molecule has 0 saturated carbocycles. The summed E-state index contributed by atoms with van der Waals surface area (Å²) in [6, 6.07) is 7.45. The van der Waals surface area contributed by atoms with E-state index in [1.807, 2.05) is 24.3 Å². The quantitative estimate of drug-likeness (QED) is 0.371. The molecule has 0 fully saturated rings. The van der Waals surface area contributed by atoms with Crippen LogP contribution in [0.25, 0.3) is 5.53 Å². The molecule has 0 aliphatic carbocycles. The fourth-order valence-electron chi connectivity index (χ4n) is 1.42. The summed E-state index contributed by atoms with van der Waals surface area (Å²) in [4.78, 5) is 14.6.